The van der Waals surface area contributed by atoms with Gasteiger partial charge in [-0.05, 0) is 17.7 Å². The van der Waals surface area contributed by atoms with E-state index in [2.05, 4.69) is 6.58 Å². The zero-order valence-electron chi connectivity index (χ0n) is 12.7. The predicted molar refractivity (Wildman–Crippen MR) is 78.1 cm³/mol. The van der Waals surface area contributed by atoms with Crippen LogP contribution in [0.5, 0.6) is 5.75 Å². The zero-order chi connectivity index (χ0) is 16.0. The Labute approximate surface area is 124 Å². The molecular weight excluding hydrogens is 272 g/mol. The van der Waals surface area contributed by atoms with Crippen LogP contribution in [0.3, 0.4) is 0 Å². The molecule has 114 valence electrons. The summed E-state index contributed by atoms with van der Waals surface area (Å²) in [7, 11) is 4.03. The molecule has 1 unspecified atom stereocenters. The number of allylic oxidation sites excluding steroid dienone is 1. The van der Waals surface area contributed by atoms with Crippen LogP contribution in [0.25, 0.3) is 0 Å². The van der Waals surface area contributed by atoms with Gasteiger partial charge in [0.15, 0.2) is 5.92 Å². The van der Waals surface area contributed by atoms with E-state index in [-0.39, 0.29) is 0 Å². The summed E-state index contributed by atoms with van der Waals surface area (Å²) < 4.78 is 14.6. The molecule has 1 atom stereocenters. The van der Waals surface area contributed by atoms with Gasteiger partial charge < -0.3 is 14.2 Å². The van der Waals surface area contributed by atoms with E-state index in [1.165, 1.54) is 14.2 Å². The first-order valence-corrected chi connectivity index (χ1v) is 6.38. The minimum absolute atomic E-state index is 0.667. The van der Waals surface area contributed by atoms with Gasteiger partial charge in [-0.25, -0.2) is 0 Å². The third-order valence-electron chi connectivity index (χ3n) is 3.61. The molecule has 0 heterocycles. The Morgan fingerprint density at radius 3 is 1.90 bits per heavy atom. The monoisotopic (exact) mass is 292 g/mol. The number of hydrogen-bond donors (Lipinski definition) is 0. The highest BCUT2D eigenvalue weighted by Crippen LogP contribution is 2.36. The molecule has 0 saturated heterocycles. The molecule has 0 aliphatic rings. The van der Waals surface area contributed by atoms with Crippen LogP contribution in [-0.4, -0.2) is 33.3 Å². The molecule has 0 radical (unpaired) electrons. The van der Waals surface area contributed by atoms with Crippen LogP contribution in [0.1, 0.15) is 12.5 Å². The van der Waals surface area contributed by atoms with Gasteiger partial charge >= 0.3 is 11.9 Å². The van der Waals surface area contributed by atoms with E-state index in [1.54, 1.807) is 44.4 Å². The van der Waals surface area contributed by atoms with Crippen LogP contribution in [-0.2, 0) is 24.5 Å². The molecule has 0 aliphatic heterocycles. The van der Waals surface area contributed by atoms with Crippen LogP contribution in [0.2, 0.25) is 0 Å². The first-order chi connectivity index (χ1) is 9.94. The largest absolute Gasteiger partial charge is 0.497 e. The summed E-state index contributed by atoms with van der Waals surface area (Å²) in [6.07, 6.45) is 1.55. The first kappa shape index (κ1) is 16.8. The van der Waals surface area contributed by atoms with Gasteiger partial charge in [-0.15, -0.1) is 6.58 Å². The first-order valence-electron chi connectivity index (χ1n) is 6.38. The molecule has 1 rings (SSSR count). The van der Waals surface area contributed by atoms with Gasteiger partial charge in [0.25, 0.3) is 0 Å². The summed E-state index contributed by atoms with van der Waals surface area (Å²) in [6.45, 7) is 5.50. The van der Waals surface area contributed by atoms with Gasteiger partial charge in [0.1, 0.15) is 5.75 Å². The molecule has 21 heavy (non-hydrogen) atoms. The number of benzene rings is 1. The smallest absolute Gasteiger partial charge is 0.321 e. The lowest BCUT2D eigenvalue weighted by Gasteiger charge is -2.32. The van der Waals surface area contributed by atoms with Crippen molar-refractivity contribution in [3.05, 3.63) is 42.5 Å². The zero-order valence-corrected chi connectivity index (χ0v) is 12.7. The van der Waals surface area contributed by atoms with Crippen LogP contribution in [0.4, 0.5) is 0 Å². The topological polar surface area (TPSA) is 61.8 Å². The van der Waals surface area contributed by atoms with Crippen molar-refractivity contribution >= 4 is 11.9 Å². The van der Waals surface area contributed by atoms with Crippen LogP contribution >= 0.6 is 0 Å². The van der Waals surface area contributed by atoms with Gasteiger partial charge in [0.05, 0.1) is 21.3 Å². The van der Waals surface area contributed by atoms with Crippen molar-refractivity contribution in [2.45, 2.75) is 12.3 Å². The molecule has 5 heteroatoms. The van der Waals surface area contributed by atoms with E-state index in [1.807, 2.05) is 0 Å². The molecule has 1 aromatic carbocycles. The normalized spacial score (nSPS) is 13.2. The lowest BCUT2D eigenvalue weighted by molar-refractivity contribution is -0.161. The number of rotatable bonds is 6. The minimum atomic E-state index is -1.13. The van der Waals surface area contributed by atoms with Crippen LogP contribution in [0.15, 0.2) is 36.9 Å². The number of ether oxygens (including phenoxy) is 3. The number of esters is 2. The molecule has 0 bridgehead atoms. The van der Waals surface area contributed by atoms with Crippen LogP contribution < -0.4 is 4.74 Å². The number of hydrogen-bond acceptors (Lipinski definition) is 5. The molecular formula is C16H20O5. The highest BCUT2D eigenvalue weighted by atomic mass is 16.5. The lowest BCUT2D eigenvalue weighted by atomic mass is 9.71. The Balaban J connectivity index is 3.34. The van der Waals surface area contributed by atoms with Crippen LogP contribution in [0, 0.1) is 5.92 Å². The highest BCUT2D eigenvalue weighted by Gasteiger charge is 2.45. The second-order valence-corrected chi connectivity index (χ2v) is 4.69. The van der Waals surface area contributed by atoms with Crippen molar-refractivity contribution in [3.8, 4) is 5.75 Å². The molecule has 0 N–H and O–H groups in total. The second-order valence-electron chi connectivity index (χ2n) is 4.69. The molecule has 0 aromatic heterocycles. The van der Waals surface area contributed by atoms with Crippen molar-refractivity contribution in [2.75, 3.05) is 21.3 Å². The van der Waals surface area contributed by atoms with E-state index in [4.69, 9.17) is 14.2 Å². The van der Waals surface area contributed by atoms with Crippen molar-refractivity contribution in [1.82, 2.24) is 0 Å². The predicted octanol–water partition coefficient (Wildman–Crippen LogP) is 2.10. The van der Waals surface area contributed by atoms with Crippen molar-refractivity contribution in [2.24, 2.45) is 5.92 Å². The van der Waals surface area contributed by atoms with Crippen molar-refractivity contribution in [1.29, 1.82) is 0 Å². The number of methoxy groups -OCH3 is 3. The van der Waals surface area contributed by atoms with E-state index >= 15 is 0 Å². The third-order valence-corrected chi connectivity index (χ3v) is 3.61. The maximum atomic E-state index is 12.0. The summed E-state index contributed by atoms with van der Waals surface area (Å²) in [5.74, 6) is -1.78. The Hall–Kier alpha value is -2.30. The molecule has 0 amide bonds. The fraction of sp³-hybridized carbons (Fsp3) is 0.375. The standard InChI is InChI=1S/C16H20O5/c1-6-16(2,11-7-9-12(19-3)10-8-11)13(14(17)20-4)15(18)21-5/h6-10,13H,1H2,2-5H3. The highest BCUT2D eigenvalue weighted by molar-refractivity contribution is 5.97. The van der Waals surface area contributed by atoms with Gasteiger partial charge in [-0.3, -0.25) is 9.59 Å². The van der Waals surface area contributed by atoms with Gasteiger partial charge in [0.2, 0.25) is 0 Å². The number of carbonyl (C=O) groups excluding carboxylic acids is 2. The summed E-state index contributed by atoms with van der Waals surface area (Å²) in [6, 6.07) is 7.06. The second kappa shape index (κ2) is 6.92. The maximum Gasteiger partial charge on any atom is 0.321 e. The lowest BCUT2D eigenvalue weighted by Crippen LogP contribution is -2.42. The van der Waals surface area contributed by atoms with E-state index in [0.717, 1.165) is 5.56 Å². The van der Waals surface area contributed by atoms with Crippen molar-refractivity contribution in [3.63, 3.8) is 0 Å². The Bertz CT molecular complexity index is 504. The average Bonchev–Trinajstić information content (AvgIpc) is 2.54. The Kier molecular flexibility index (Phi) is 5.52. The average molecular weight is 292 g/mol. The fourth-order valence-electron chi connectivity index (χ4n) is 2.17. The molecule has 0 fully saturated rings. The van der Waals surface area contributed by atoms with E-state index < -0.39 is 23.3 Å². The molecule has 0 spiro atoms. The molecule has 0 aliphatic carbocycles. The fourth-order valence-corrected chi connectivity index (χ4v) is 2.17. The number of carbonyl (C=O) groups is 2. The van der Waals surface area contributed by atoms with E-state index in [0.29, 0.717) is 5.75 Å². The van der Waals surface area contributed by atoms with Gasteiger partial charge in [0, 0.05) is 5.41 Å². The summed E-state index contributed by atoms with van der Waals surface area (Å²) in [5, 5.41) is 0. The Morgan fingerprint density at radius 2 is 1.57 bits per heavy atom. The van der Waals surface area contributed by atoms with Crippen molar-refractivity contribution < 1.29 is 23.8 Å². The molecule has 0 saturated carbocycles. The Morgan fingerprint density at radius 1 is 1.10 bits per heavy atom. The molecule has 5 nitrogen and oxygen atoms in total. The summed E-state index contributed by atoms with van der Waals surface area (Å²) in [5.41, 5.74) is -0.217. The quantitative estimate of drug-likeness (QED) is 0.456. The maximum absolute atomic E-state index is 12.0. The third kappa shape index (κ3) is 3.24. The van der Waals surface area contributed by atoms with Gasteiger partial charge in [-0.1, -0.05) is 25.1 Å². The SMILES string of the molecule is C=CC(C)(c1ccc(OC)cc1)C(C(=O)OC)C(=O)OC. The van der Waals surface area contributed by atoms with E-state index in [9.17, 15) is 9.59 Å². The summed E-state index contributed by atoms with van der Waals surface area (Å²) >= 11 is 0. The summed E-state index contributed by atoms with van der Waals surface area (Å²) in [4.78, 5) is 24.0. The molecule has 1 aromatic rings. The van der Waals surface area contributed by atoms with Gasteiger partial charge in [-0.2, -0.15) is 0 Å². The minimum Gasteiger partial charge on any atom is -0.497 e.